The van der Waals surface area contributed by atoms with Crippen LogP contribution in [-0.2, 0) is 14.8 Å². The van der Waals surface area contributed by atoms with Crippen molar-refractivity contribution in [2.24, 2.45) is 0 Å². The largest absolute Gasteiger partial charge is 0.495 e. The van der Waals surface area contributed by atoms with Crippen molar-refractivity contribution in [3.8, 4) is 11.5 Å². The van der Waals surface area contributed by atoms with Crippen LogP contribution in [0.1, 0.15) is 35.2 Å². The minimum absolute atomic E-state index is 0.163. The van der Waals surface area contributed by atoms with Gasteiger partial charge in [0, 0.05) is 12.1 Å². The molecular formula is C22H29ClN2O5S. The van der Waals surface area contributed by atoms with Gasteiger partial charge in [0.1, 0.15) is 18.0 Å². The van der Waals surface area contributed by atoms with Gasteiger partial charge in [0.15, 0.2) is 0 Å². The first kappa shape index (κ1) is 24.8. The predicted molar refractivity (Wildman–Crippen MR) is 124 cm³/mol. The number of ether oxygens (including phenoxy) is 2. The number of methoxy groups -OCH3 is 2. The van der Waals surface area contributed by atoms with Gasteiger partial charge in [-0.2, -0.15) is 0 Å². The lowest BCUT2D eigenvalue weighted by Gasteiger charge is -2.26. The molecule has 31 heavy (non-hydrogen) atoms. The average Bonchev–Trinajstić information content (AvgIpc) is 2.67. The number of halogens is 1. The van der Waals surface area contributed by atoms with Crippen molar-refractivity contribution in [3.63, 3.8) is 0 Å². The third-order valence-corrected chi connectivity index (χ3v) is 6.56. The van der Waals surface area contributed by atoms with Crippen molar-refractivity contribution < 1.29 is 22.7 Å². The van der Waals surface area contributed by atoms with Crippen LogP contribution < -0.4 is 19.1 Å². The average molecular weight is 469 g/mol. The summed E-state index contributed by atoms with van der Waals surface area (Å²) in [5.41, 5.74) is 4.49. The van der Waals surface area contributed by atoms with Gasteiger partial charge in [0.05, 0.1) is 37.2 Å². The summed E-state index contributed by atoms with van der Waals surface area (Å²) >= 11 is 6.13. The van der Waals surface area contributed by atoms with Gasteiger partial charge in [0.25, 0.3) is 0 Å². The fourth-order valence-electron chi connectivity index (χ4n) is 3.36. The van der Waals surface area contributed by atoms with Gasteiger partial charge >= 0.3 is 0 Å². The Morgan fingerprint density at radius 3 is 2.16 bits per heavy atom. The number of sulfonamides is 1. The SMILES string of the molecule is COc1cc(N(CC(=O)N[C@@H](C)c2cc(C)c(C)cc2C)S(C)(=O)=O)c(OC)cc1Cl. The number of rotatable bonds is 8. The first-order valence-electron chi connectivity index (χ1n) is 9.65. The molecule has 0 unspecified atom stereocenters. The van der Waals surface area contributed by atoms with E-state index >= 15 is 0 Å². The van der Waals surface area contributed by atoms with Crippen molar-refractivity contribution in [2.75, 3.05) is 31.3 Å². The number of aryl methyl sites for hydroxylation is 3. The molecule has 0 bridgehead atoms. The molecule has 9 heteroatoms. The molecule has 170 valence electrons. The van der Waals surface area contributed by atoms with Gasteiger partial charge in [0.2, 0.25) is 15.9 Å². The Bertz CT molecular complexity index is 1090. The maximum absolute atomic E-state index is 12.8. The van der Waals surface area contributed by atoms with Crippen LogP contribution >= 0.6 is 11.6 Å². The van der Waals surface area contributed by atoms with E-state index < -0.39 is 22.5 Å². The number of nitrogens with zero attached hydrogens (tertiary/aromatic N) is 1. The first-order valence-corrected chi connectivity index (χ1v) is 11.9. The standard InChI is InChI=1S/C22H29ClN2O5S/c1-13-8-15(3)17(9-14(13)2)16(4)24-22(26)12-25(31(7,27)28)19-11-20(29-5)18(23)10-21(19)30-6/h8-11,16H,12H2,1-7H3,(H,24,26)/t16-/m0/s1. The maximum atomic E-state index is 12.8. The lowest BCUT2D eigenvalue weighted by molar-refractivity contribution is -0.120. The minimum Gasteiger partial charge on any atom is -0.495 e. The van der Waals surface area contributed by atoms with Crippen molar-refractivity contribution in [1.29, 1.82) is 0 Å². The molecule has 0 fully saturated rings. The number of anilines is 1. The van der Waals surface area contributed by atoms with Crippen molar-refractivity contribution in [2.45, 2.75) is 33.7 Å². The van der Waals surface area contributed by atoms with Crippen molar-refractivity contribution >= 4 is 33.2 Å². The second-order valence-corrected chi connectivity index (χ2v) is 9.82. The maximum Gasteiger partial charge on any atom is 0.241 e. The summed E-state index contributed by atoms with van der Waals surface area (Å²) in [6.07, 6.45) is 1.03. The third-order valence-electron chi connectivity index (χ3n) is 5.14. The highest BCUT2D eigenvalue weighted by atomic mass is 35.5. The summed E-state index contributed by atoms with van der Waals surface area (Å²) in [7, 11) is -0.996. The number of amides is 1. The summed E-state index contributed by atoms with van der Waals surface area (Å²) < 4.78 is 36.5. The lowest BCUT2D eigenvalue weighted by atomic mass is 9.96. The molecule has 0 radical (unpaired) electrons. The number of hydrogen-bond donors (Lipinski definition) is 1. The van der Waals surface area contributed by atoms with E-state index in [9.17, 15) is 13.2 Å². The molecule has 0 aliphatic carbocycles. The lowest BCUT2D eigenvalue weighted by Crippen LogP contribution is -2.41. The van der Waals surface area contributed by atoms with E-state index in [1.165, 1.54) is 31.9 Å². The summed E-state index contributed by atoms with van der Waals surface area (Å²) in [5.74, 6) is 0.0271. The van der Waals surface area contributed by atoms with E-state index in [0.29, 0.717) is 0 Å². The van der Waals surface area contributed by atoms with Crippen molar-refractivity contribution in [3.05, 3.63) is 51.5 Å². The summed E-state index contributed by atoms with van der Waals surface area (Å²) in [6, 6.07) is 6.70. The zero-order valence-electron chi connectivity index (χ0n) is 18.9. The molecule has 2 aromatic carbocycles. The highest BCUT2D eigenvalue weighted by Crippen LogP contribution is 2.39. The summed E-state index contributed by atoms with van der Waals surface area (Å²) in [6.45, 7) is 7.48. The molecule has 1 amide bonds. The third kappa shape index (κ3) is 5.83. The van der Waals surface area contributed by atoms with Crippen LogP contribution in [0.15, 0.2) is 24.3 Å². The van der Waals surface area contributed by atoms with Crippen LogP contribution in [0.2, 0.25) is 5.02 Å². The highest BCUT2D eigenvalue weighted by Gasteiger charge is 2.26. The fraction of sp³-hybridized carbons (Fsp3) is 0.409. The number of nitrogens with one attached hydrogen (secondary N) is 1. The van der Waals surface area contributed by atoms with E-state index in [2.05, 4.69) is 11.4 Å². The molecule has 1 N–H and O–H groups in total. The van der Waals surface area contributed by atoms with E-state index in [4.69, 9.17) is 21.1 Å². The molecule has 2 aromatic rings. The molecule has 0 aliphatic heterocycles. The van der Waals surface area contributed by atoms with Crippen LogP contribution in [0.4, 0.5) is 5.69 Å². The summed E-state index contributed by atoms with van der Waals surface area (Å²) in [4.78, 5) is 12.8. The normalized spacial score (nSPS) is 12.3. The zero-order chi connectivity index (χ0) is 23.5. The number of carbonyl (C=O) groups is 1. The number of hydrogen-bond acceptors (Lipinski definition) is 5. The fourth-order valence-corrected chi connectivity index (χ4v) is 4.45. The van der Waals surface area contributed by atoms with Gasteiger partial charge in [-0.15, -0.1) is 0 Å². The molecule has 2 rings (SSSR count). The second kappa shape index (κ2) is 9.78. The smallest absolute Gasteiger partial charge is 0.241 e. The molecule has 1 atom stereocenters. The van der Waals surface area contributed by atoms with E-state index in [1.807, 2.05) is 33.8 Å². The Labute approximate surface area is 189 Å². The quantitative estimate of drug-likeness (QED) is 0.634. The minimum atomic E-state index is -3.81. The number of benzene rings is 2. The van der Waals surface area contributed by atoms with Gasteiger partial charge < -0.3 is 14.8 Å². The van der Waals surface area contributed by atoms with Gasteiger partial charge in [-0.05, 0) is 49.9 Å². The van der Waals surface area contributed by atoms with Crippen LogP contribution in [0.3, 0.4) is 0 Å². The van der Waals surface area contributed by atoms with Gasteiger partial charge in [-0.25, -0.2) is 8.42 Å². The van der Waals surface area contributed by atoms with E-state index in [1.54, 1.807) is 0 Å². The number of carbonyl (C=O) groups excluding carboxylic acids is 1. The Kier molecular flexibility index (Phi) is 7.83. The molecule has 0 aliphatic rings. The van der Waals surface area contributed by atoms with Gasteiger partial charge in [-0.3, -0.25) is 9.10 Å². The molecule has 7 nitrogen and oxygen atoms in total. The Morgan fingerprint density at radius 1 is 1.03 bits per heavy atom. The Balaban J connectivity index is 2.35. The van der Waals surface area contributed by atoms with Crippen LogP contribution in [0.25, 0.3) is 0 Å². The van der Waals surface area contributed by atoms with Crippen LogP contribution in [0.5, 0.6) is 11.5 Å². The van der Waals surface area contributed by atoms with Crippen LogP contribution in [-0.4, -0.2) is 41.3 Å². The predicted octanol–water partition coefficient (Wildman–Crippen LogP) is 3.93. The molecule has 0 saturated carbocycles. The van der Waals surface area contributed by atoms with E-state index in [-0.39, 0.29) is 28.3 Å². The zero-order valence-corrected chi connectivity index (χ0v) is 20.4. The highest BCUT2D eigenvalue weighted by molar-refractivity contribution is 7.92. The molecule has 0 heterocycles. The van der Waals surface area contributed by atoms with E-state index in [0.717, 1.165) is 27.3 Å². The molecule has 0 saturated heterocycles. The Hall–Kier alpha value is -2.45. The second-order valence-electron chi connectivity index (χ2n) is 7.51. The molecule has 0 spiro atoms. The van der Waals surface area contributed by atoms with Crippen molar-refractivity contribution in [1.82, 2.24) is 5.32 Å². The van der Waals surface area contributed by atoms with Gasteiger partial charge in [-0.1, -0.05) is 23.7 Å². The monoisotopic (exact) mass is 468 g/mol. The Morgan fingerprint density at radius 2 is 1.61 bits per heavy atom. The van der Waals surface area contributed by atoms with Crippen LogP contribution in [0, 0.1) is 20.8 Å². The summed E-state index contributed by atoms with van der Waals surface area (Å²) in [5, 5.41) is 3.15. The first-order chi connectivity index (χ1) is 14.4. The molecular weight excluding hydrogens is 440 g/mol. The topological polar surface area (TPSA) is 84.9 Å². The molecule has 0 aromatic heterocycles.